The van der Waals surface area contributed by atoms with Crippen molar-refractivity contribution in [3.63, 3.8) is 0 Å². The maximum absolute atomic E-state index is 12.3. The highest BCUT2D eigenvalue weighted by Crippen LogP contribution is 2.20. The SMILES string of the molecule is Cc1ccsc1CNC(=O)CN1CCNCC1c1nccn1C. The van der Waals surface area contributed by atoms with Crippen molar-refractivity contribution in [2.45, 2.75) is 19.5 Å². The summed E-state index contributed by atoms with van der Waals surface area (Å²) in [5.74, 6) is 1.07. The fourth-order valence-electron chi connectivity index (χ4n) is 2.89. The first-order valence-corrected chi connectivity index (χ1v) is 8.75. The van der Waals surface area contributed by atoms with Crippen LogP contribution in [0.3, 0.4) is 0 Å². The van der Waals surface area contributed by atoms with E-state index in [-0.39, 0.29) is 11.9 Å². The molecule has 2 aromatic heterocycles. The quantitative estimate of drug-likeness (QED) is 0.859. The van der Waals surface area contributed by atoms with Gasteiger partial charge in [0.05, 0.1) is 19.1 Å². The number of rotatable bonds is 5. The Morgan fingerprint density at radius 1 is 1.57 bits per heavy atom. The molecule has 3 heterocycles. The largest absolute Gasteiger partial charge is 0.350 e. The van der Waals surface area contributed by atoms with Crippen molar-refractivity contribution >= 4 is 17.2 Å². The normalized spacial score (nSPS) is 19.0. The fraction of sp³-hybridized carbons (Fsp3) is 0.500. The van der Waals surface area contributed by atoms with Gasteiger partial charge in [0.1, 0.15) is 5.82 Å². The van der Waals surface area contributed by atoms with E-state index >= 15 is 0 Å². The van der Waals surface area contributed by atoms with Crippen LogP contribution >= 0.6 is 11.3 Å². The standard InChI is InChI=1S/C16H23N5OS/c1-12-3-8-23-14(12)10-19-15(22)11-21-7-4-17-9-13(21)16-18-5-6-20(16)2/h3,5-6,8,13,17H,4,7,9-11H2,1-2H3,(H,19,22). The molecule has 124 valence electrons. The van der Waals surface area contributed by atoms with Gasteiger partial charge in [-0.1, -0.05) is 0 Å². The van der Waals surface area contributed by atoms with Crippen molar-refractivity contribution < 1.29 is 4.79 Å². The summed E-state index contributed by atoms with van der Waals surface area (Å²) < 4.78 is 2.03. The topological polar surface area (TPSA) is 62.2 Å². The third-order valence-electron chi connectivity index (χ3n) is 4.27. The Morgan fingerprint density at radius 2 is 2.43 bits per heavy atom. The molecule has 1 aliphatic heterocycles. The maximum atomic E-state index is 12.3. The van der Waals surface area contributed by atoms with Crippen molar-refractivity contribution in [3.05, 3.63) is 40.1 Å². The van der Waals surface area contributed by atoms with Gasteiger partial charge < -0.3 is 15.2 Å². The van der Waals surface area contributed by atoms with E-state index in [2.05, 4.69) is 38.9 Å². The third-order valence-corrected chi connectivity index (χ3v) is 5.29. The van der Waals surface area contributed by atoms with E-state index in [4.69, 9.17) is 0 Å². The Balaban J connectivity index is 1.59. The van der Waals surface area contributed by atoms with Crippen LogP contribution in [0.25, 0.3) is 0 Å². The number of aryl methyl sites for hydroxylation is 2. The van der Waals surface area contributed by atoms with Crippen LogP contribution in [0.15, 0.2) is 23.8 Å². The minimum absolute atomic E-state index is 0.0684. The van der Waals surface area contributed by atoms with Gasteiger partial charge in [-0.2, -0.15) is 0 Å². The predicted octanol–water partition coefficient (Wildman–Crippen LogP) is 1.05. The average Bonchev–Trinajstić information content (AvgIpc) is 3.14. The Morgan fingerprint density at radius 3 is 3.13 bits per heavy atom. The number of hydrogen-bond acceptors (Lipinski definition) is 5. The molecule has 1 amide bonds. The minimum atomic E-state index is 0.0684. The highest BCUT2D eigenvalue weighted by Gasteiger charge is 2.28. The number of thiophene rings is 1. The summed E-state index contributed by atoms with van der Waals surface area (Å²) in [6.07, 6.45) is 3.75. The van der Waals surface area contributed by atoms with Crippen LogP contribution in [-0.4, -0.2) is 46.5 Å². The van der Waals surface area contributed by atoms with Gasteiger partial charge in [0.15, 0.2) is 0 Å². The summed E-state index contributed by atoms with van der Waals surface area (Å²) in [7, 11) is 1.99. The highest BCUT2D eigenvalue weighted by atomic mass is 32.1. The van der Waals surface area contributed by atoms with Crippen LogP contribution in [-0.2, 0) is 18.4 Å². The molecule has 7 heteroatoms. The van der Waals surface area contributed by atoms with Gasteiger partial charge in [0, 0.05) is 44.0 Å². The Bertz CT molecular complexity index is 665. The van der Waals surface area contributed by atoms with E-state index in [1.54, 1.807) is 11.3 Å². The number of nitrogens with one attached hydrogen (secondary N) is 2. The smallest absolute Gasteiger partial charge is 0.234 e. The second kappa shape index (κ2) is 7.25. The monoisotopic (exact) mass is 333 g/mol. The molecule has 0 radical (unpaired) electrons. The molecule has 0 bridgehead atoms. The Labute approximate surface area is 140 Å². The van der Waals surface area contributed by atoms with Crippen molar-refractivity contribution in [3.8, 4) is 0 Å². The van der Waals surface area contributed by atoms with E-state index < -0.39 is 0 Å². The molecule has 2 N–H and O–H groups in total. The third kappa shape index (κ3) is 3.80. The van der Waals surface area contributed by atoms with Crippen LogP contribution in [0.5, 0.6) is 0 Å². The molecule has 0 spiro atoms. The molecule has 23 heavy (non-hydrogen) atoms. The second-order valence-corrected chi connectivity index (χ2v) is 6.89. The van der Waals surface area contributed by atoms with Crippen LogP contribution in [0.2, 0.25) is 0 Å². The van der Waals surface area contributed by atoms with Gasteiger partial charge in [0.25, 0.3) is 0 Å². The number of imidazole rings is 1. The molecule has 0 aliphatic carbocycles. The summed E-state index contributed by atoms with van der Waals surface area (Å²) in [4.78, 5) is 20.2. The highest BCUT2D eigenvalue weighted by molar-refractivity contribution is 7.10. The van der Waals surface area contributed by atoms with Gasteiger partial charge >= 0.3 is 0 Å². The first-order chi connectivity index (χ1) is 11.1. The molecule has 1 atom stereocenters. The summed E-state index contributed by atoms with van der Waals surface area (Å²) in [6, 6.07) is 2.22. The molecule has 3 rings (SSSR count). The van der Waals surface area contributed by atoms with Crippen molar-refractivity contribution in [1.29, 1.82) is 0 Å². The Kier molecular flexibility index (Phi) is 5.09. The number of hydrogen-bond donors (Lipinski definition) is 2. The van der Waals surface area contributed by atoms with Gasteiger partial charge in [0.2, 0.25) is 5.91 Å². The van der Waals surface area contributed by atoms with Crippen LogP contribution in [0.4, 0.5) is 0 Å². The molecule has 1 fully saturated rings. The summed E-state index contributed by atoms with van der Waals surface area (Å²) in [5.41, 5.74) is 1.24. The summed E-state index contributed by atoms with van der Waals surface area (Å²) in [6.45, 7) is 5.67. The number of amides is 1. The Hall–Kier alpha value is -1.70. The lowest BCUT2D eigenvalue weighted by molar-refractivity contribution is -0.123. The van der Waals surface area contributed by atoms with Crippen molar-refractivity contribution in [1.82, 2.24) is 25.1 Å². The van der Waals surface area contributed by atoms with Crippen LogP contribution in [0, 0.1) is 6.92 Å². The first-order valence-electron chi connectivity index (χ1n) is 7.87. The predicted molar refractivity (Wildman–Crippen MR) is 91.3 cm³/mol. The average molecular weight is 333 g/mol. The molecule has 2 aromatic rings. The lowest BCUT2D eigenvalue weighted by Gasteiger charge is -2.35. The van der Waals surface area contributed by atoms with E-state index in [0.717, 1.165) is 25.5 Å². The van der Waals surface area contributed by atoms with Gasteiger partial charge in [-0.25, -0.2) is 4.98 Å². The van der Waals surface area contributed by atoms with Crippen molar-refractivity contribution in [2.75, 3.05) is 26.2 Å². The maximum Gasteiger partial charge on any atom is 0.234 e. The van der Waals surface area contributed by atoms with Crippen LogP contribution < -0.4 is 10.6 Å². The lowest BCUT2D eigenvalue weighted by Crippen LogP contribution is -2.50. The first kappa shape index (κ1) is 16.2. The fourth-order valence-corrected chi connectivity index (χ4v) is 3.74. The minimum Gasteiger partial charge on any atom is -0.350 e. The molecule has 1 saturated heterocycles. The summed E-state index contributed by atoms with van der Waals surface area (Å²) >= 11 is 1.69. The zero-order valence-corrected chi connectivity index (χ0v) is 14.4. The number of carbonyl (C=O) groups excluding carboxylic acids is 1. The van der Waals surface area contributed by atoms with E-state index in [9.17, 15) is 4.79 Å². The van der Waals surface area contributed by atoms with E-state index in [1.807, 2.05) is 24.0 Å². The molecular weight excluding hydrogens is 310 g/mol. The number of nitrogens with zero attached hydrogens (tertiary/aromatic N) is 3. The zero-order valence-electron chi connectivity index (χ0n) is 13.6. The number of aromatic nitrogens is 2. The number of piperazine rings is 1. The summed E-state index contributed by atoms with van der Waals surface area (Å²) in [5, 5.41) is 8.49. The second-order valence-electron chi connectivity index (χ2n) is 5.89. The van der Waals surface area contributed by atoms with Crippen molar-refractivity contribution in [2.24, 2.45) is 7.05 Å². The molecule has 0 aromatic carbocycles. The molecular formula is C16H23N5OS. The molecule has 1 unspecified atom stereocenters. The molecule has 0 saturated carbocycles. The zero-order chi connectivity index (χ0) is 16.2. The van der Waals surface area contributed by atoms with Gasteiger partial charge in [-0.3, -0.25) is 9.69 Å². The lowest BCUT2D eigenvalue weighted by atomic mass is 10.1. The van der Waals surface area contributed by atoms with E-state index in [0.29, 0.717) is 13.1 Å². The van der Waals surface area contributed by atoms with Gasteiger partial charge in [-0.05, 0) is 23.9 Å². The molecule has 1 aliphatic rings. The van der Waals surface area contributed by atoms with E-state index in [1.165, 1.54) is 10.4 Å². The van der Waals surface area contributed by atoms with Gasteiger partial charge in [-0.15, -0.1) is 11.3 Å². The number of carbonyl (C=O) groups is 1. The molecule has 6 nitrogen and oxygen atoms in total. The van der Waals surface area contributed by atoms with Crippen LogP contribution in [0.1, 0.15) is 22.3 Å².